The van der Waals surface area contributed by atoms with Crippen LogP contribution in [0.1, 0.15) is 47.1 Å². The van der Waals surface area contributed by atoms with Gasteiger partial charge in [-0.2, -0.15) is 0 Å². The fraction of sp³-hybridized carbons (Fsp3) is 0.600. The summed E-state index contributed by atoms with van der Waals surface area (Å²) in [6.07, 6.45) is 0. The molecule has 0 fully saturated rings. The molecule has 1 aromatic carbocycles. The lowest BCUT2D eigenvalue weighted by atomic mass is 10.2. The minimum Gasteiger partial charge on any atom is -0.0640 e. The van der Waals surface area contributed by atoms with Gasteiger partial charge < -0.3 is 0 Å². The van der Waals surface area contributed by atoms with E-state index in [1.807, 2.05) is 0 Å². The van der Waals surface area contributed by atoms with Crippen molar-refractivity contribution in [2.24, 2.45) is 0 Å². The first-order chi connectivity index (χ1) is 7.14. The Labute approximate surface area is 102 Å². The summed E-state index contributed by atoms with van der Waals surface area (Å²) in [6, 6.07) is 8.87. The zero-order valence-corrected chi connectivity index (χ0v) is 12.7. The van der Waals surface area contributed by atoms with Gasteiger partial charge in [0.15, 0.2) is 0 Å². The molecule has 1 aromatic rings. The molecule has 90 valence electrons. The van der Waals surface area contributed by atoms with E-state index in [0.717, 1.165) is 0 Å². The fourth-order valence-corrected chi connectivity index (χ4v) is 6.66. The maximum Gasteiger partial charge on any atom is -0.0134 e. The second-order valence-electron chi connectivity index (χ2n) is 6.46. The molecule has 0 aromatic heterocycles. The highest BCUT2D eigenvalue weighted by molar-refractivity contribution is 7.68. The van der Waals surface area contributed by atoms with Gasteiger partial charge in [-0.3, -0.25) is 0 Å². The number of aryl methyl sites for hydroxylation is 1. The standard InChI is InChI=1S/C15H25P/c1-12-10-8-9-11-13(12)16(14(2,3)4)15(5,6)7/h8-11H,1-7H3. The topological polar surface area (TPSA) is 0 Å². The van der Waals surface area contributed by atoms with Crippen molar-refractivity contribution in [2.75, 3.05) is 0 Å². The first-order valence-electron chi connectivity index (χ1n) is 6.00. The van der Waals surface area contributed by atoms with Crippen LogP contribution in [0.4, 0.5) is 0 Å². The predicted molar refractivity (Wildman–Crippen MR) is 77.2 cm³/mol. The third-order valence-corrected chi connectivity index (χ3v) is 6.36. The number of rotatable bonds is 1. The predicted octanol–water partition coefficient (Wildman–Crippen LogP) is 4.70. The van der Waals surface area contributed by atoms with E-state index in [-0.39, 0.29) is 7.92 Å². The Kier molecular flexibility index (Phi) is 3.85. The van der Waals surface area contributed by atoms with E-state index in [2.05, 4.69) is 72.7 Å². The summed E-state index contributed by atoms with van der Waals surface area (Å²) in [7, 11) is -0.159. The zero-order chi connectivity index (χ0) is 12.6. The molecule has 0 heterocycles. The summed E-state index contributed by atoms with van der Waals surface area (Å²) in [5.74, 6) is 0. The average molecular weight is 236 g/mol. The maximum absolute atomic E-state index is 2.37. The first-order valence-corrected chi connectivity index (χ1v) is 7.34. The van der Waals surface area contributed by atoms with Gasteiger partial charge in [-0.1, -0.05) is 73.7 Å². The van der Waals surface area contributed by atoms with Crippen LogP contribution in [0.15, 0.2) is 24.3 Å². The highest BCUT2D eigenvalue weighted by atomic mass is 31.1. The molecule has 0 aliphatic carbocycles. The van der Waals surface area contributed by atoms with E-state index in [9.17, 15) is 0 Å². The largest absolute Gasteiger partial charge is 0.0640 e. The van der Waals surface area contributed by atoms with Crippen LogP contribution < -0.4 is 5.30 Å². The van der Waals surface area contributed by atoms with Crippen LogP contribution >= 0.6 is 7.92 Å². The van der Waals surface area contributed by atoms with Gasteiger partial charge in [-0.25, -0.2) is 0 Å². The molecule has 0 unspecified atom stereocenters. The van der Waals surface area contributed by atoms with Crippen LogP contribution in [-0.2, 0) is 0 Å². The number of hydrogen-bond donors (Lipinski definition) is 0. The van der Waals surface area contributed by atoms with Crippen LogP contribution in [-0.4, -0.2) is 10.3 Å². The molecule has 0 amide bonds. The minimum absolute atomic E-state index is 0.159. The van der Waals surface area contributed by atoms with Gasteiger partial charge in [-0.05, 0) is 28.1 Å². The maximum atomic E-state index is 2.37. The van der Waals surface area contributed by atoms with Gasteiger partial charge in [0.2, 0.25) is 0 Å². The van der Waals surface area contributed by atoms with Gasteiger partial charge in [0, 0.05) is 0 Å². The van der Waals surface area contributed by atoms with Crippen molar-refractivity contribution >= 4 is 13.2 Å². The van der Waals surface area contributed by atoms with Crippen LogP contribution in [0.3, 0.4) is 0 Å². The second-order valence-corrected chi connectivity index (χ2v) is 10.3. The summed E-state index contributed by atoms with van der Waals surface area (Å²) in [6.45, 7) is 16.5. The monoisotopic (exact) mass is 236 g/mol. The van der Waals surface area contributed by atoms with Crippen LogP contribution in [0.2, 0.25) is 0 Å². The van der Waals surface area contributed by atoms with Crippen LogP contribution in [0.25, 0.3) is 0 Å². The highest BCUT2D eigenvalue weighted by Crippen LogP contribution is 2.58. The Bertz CT molecular complexity index is 338. The Morgan fingerprint density at radius 1 is 0.812 bits per heavy atom. The normalized spacial score (nSPS) is 13.2. The van der Waals surface area contributed by atoms with E-state index >= 15 is 0 Å². The lowest BCUT2D eigenvalue weighted by molar-refractivity contribution is 0.714. The SMILES string of the molecule is Cc1ccccc1P(C(C)(C)C)C(C)(C)C. The Morgan fingerprint density at radius 3 is 1.62 bits per heavy atom. The Morgan fingerprint density at radius 2 is 1.25 bits per heavy atom. The zero-order valence-electron chi connectivity index (χ0n) is 11.8. The van der Waals surface area contributed by atoms with Gasteiger partial charge in [0.25, 0.3) is 0 Å². The molecular weight excluding hydrogens is 211 g/mol. The molecule has 0 spiro atoms. The van der Waals surface area contributed by atoms with Crippen molar-refractivity contribution in [3.05, 3.63) is 29.8 Å². The van der Waals surface area contributed by atoms with Crippen molar-refractivity contribution in [1.82, 2.24) is 0 Å². The summed E-state index contributed by atoms with van der Waals surface area (Å²) in [5.41, 5.74) is 1.44. The molecule has 1 rings (SSSR count). The molecule has 0 aliphatic heterocycles. The van der Waals surface area contributed by atoms with Gasteiger partial charge in [0.1, 0.15) is 0 Å². The van der Waals surface area contributed by atoms with Crippen LogP contribution in [0, 0.1) is 6.92 Å². The van der Waals surface area contributed by atoms with Gasteiger partial charge in [-0.15, -0.1) is 0 Å². The minimum atomic E-state index is -0.159. The summed E-state index contributed by atoms with van der Waals surface area (Å²) in [4.78, 5) is 0. The third-order valence-electron chi connectivity index (χ3n) is 2.70. The van der Waals surface area contributed by atoms with E-state index in [4.69, 9.17) is 0 Å². The molecule has 0 bridgehead atoms. The molecule has 16 heavy (non-hydrogen) atoms. The molecule has 0 saturated carbocycles. The molecule has 0 saturated heterocycles. The lowest BCUT2D eigenvalue weighted by Gasteiger charge is -2.42. The highest BCUT2D eigenvalue weighted by Gasteiger charge is 2.36. The summed E-state index contributed by atoms with van der Waals surface area (Å²) in [5, 5.41) is 2.29. The molecule has 0 aliphatic rings. The Balaban J connectivity index is 3.29. The van der Waals surface area contributed by atoms with E-state index in [1.54, 1.807) is 5.30 Å². The smallest absolute Gasteiger partial charge is 0.0134 e. The van der Waals surface area contributed by atoms with Gasteiger partial charge >= 0.3 is 0 Å². The molecule has 0 nitrogen and oxygen atoms in total. The molecule has 0 atom stereocenters. The molecule has 0 N–H and O–H groups in total. The van der Waals surface area contributed by atoms with Crippen molar-refractivity contribution in [3.63, 3.8) is 0 Å². The van der Waals surface area contributed by atoms with Crippen molar-refractivity contribution in [3.8, 4) is 0 Å². The molecular formula is C15H25P. The van der Waals surface area contributed by atoms with Gasteiger partial charge in [0.05, 0.1) is 0 Å². The lowest BCUT2D eigenvalue weighted by Crippen LogP contribution is -2.32. The van der Waals surface area contributed by atoms with E-state index < -0.39 is 0 Å². The third kappa shape index (κ3) is 3.08. The number of hydrogen-bond acceptors (Lipinski definition) is 0. The second kappa shape index (κ2) is 4.49. The van der Waals surface area contributed by atoms with E-state index in [0.29, 0.717) is 10.3 Å². The summed E-state index contributed by atoms with van der Waals surface area (Å²) >= 11 is 0. The van der Waals surface area contributed by atoms with Crippen molar-refractivity contribution in [2.45, 2.75) is 58.8 Å². The van der Waals surface area contributed by atoms with E-state index in [1.165, 1.54) is 5.56 Å². The average Bonchev–Trinajstić information content (AvgIpc) is 2.03. The number of benzene rings is 1. The molecule has 0 radical (unpaired) electrons. The first kappa shape index (κ1) is 13.7. The Hall–Kier alpha value is -0.350. The van der Waals surface area contributed by atoms with Crippen molar-refractivity contribution < 1.29 is 0 Å². The molecule has 1 heteroatoms. The fourth-order valence-electron chi connectivity index (χ4n) is 2.54. The summed E-state index contributed by atoms with van der Waals surface area (Å²) < 4.78 is 0. The quantitative estimate of drug-likeness (QED) is 0.620. The van der Waals surface area contributed by atoms with Crippen LogP contribution in [0.5, 0.6) is 0 Å². The van der Waals surface area contributed by atoms with Crippen molar-refractivity contribution in [1.29, 1.82) is 0 Å².